The molecule has 100 valence electrons. The van der Waals surface area contributed by atoms with Crippen LogP contribution in [0.3, 0.4) is 0 Å². The van der Waals surface area contributed by atoms with E-state index in [1.54, 1.807) is 0 Å². The van der Waals surface area contributed by atoms with Crippen LogP contribution in [0, 0.1) is 5.41 Å². The van der Waals surface area contributed by atoms with Crippen molar-refractivity contribution in [1.82, 2.24) is 10.3 Å². The molecule has 0 amide bonds. The molecule has 0 bridgehead atoms. The third-order valence-corrected chi connectivity index (χ3v) is 3.93. The first-order valence-corrected chi connectivity index (χ1v) is 7.41. The van der Waals surface area contributed by atoms with E-state index in [9.17, 15) is 0 Å². The number of hydrogen-bond donors (Lipinski definition) is 1. The van der Waals surface area contributed by atoms with Gasteiger partial charge in [0.25, 0.3) is 0 Å². The van der Waals surface area contributed by atoms with Crippen molar-refractivity contribution < 1.29 is 4.74 Å². The summed E-state index contributed by atoms with van der Waals surface area (Å²) in [7, 11) is 0. The van der Waals surface area contributed by atoms with Gasteiger partial charge in [0.2, 0.25) is 0 Å². The molecule has 0 saturated carbocycles. The Morgan fingerprint density at radius 3 is 3.06 bits per heavy atom. The first-order valence-electron chi connectivity index (χ1n) is 6.62. The summed E-state index contributed by atoms with van der Waals surface area (Å²) in [6.07, 6.45) is 7.22. The topological polar surface area (TPSA) is 34.2 Å². The Morgan fingerprint density at radius 1 is 1.50 bits per heavy atom. The van der Waals surface area contributed by atoms with E-state index in [1.807, 2.05) is 12.4 Å². The summed E-state index contributed by atoms with van der Waals surface area (Å²) in [4.78, 5) is 4.25. The fourth-order valence-electron chi connectivity index (χ4n) is 2.63. The smallest absolute Gasteiger partial charge is 0.0537 e. The van der Waals surface area contributed by atoms with Crippen LogP contribution in [0.25, 0.3) is 0 Å². The summed E-state index contributed by atoms with van der Waals surface area (Å²) in [6.45, 7) is 5.95. The van der Waals surface area contributed by atoms with Gasteiger partial charge in [-0.3, -0.25) is 4.98 Å². The predicted octanol–water partition coefficient (Wildman–Crippen LogP) is 2.79. The van der Waals surface area contributed by atoms with Crippen LogP contribution in [0.1, 0.15) is 25.3 Å². The van der Waals surface area contributed by atoms with Crippen molar-refractivity contribution in [3.63, 3.8) is 0 Å². The molecule has 3 nitrogen and oxygen atoms in total. The minimum absolute atomic E-state index is 0.233. The lowest BCUT2D eigenvalue weighted by atomic mass is 9.77. The quantitative estimate of drug-likeness (QED) is 0.908. The molecule has 0 aromatic carbocycles. The van der Waals surface area contributed by atoms with Crippen molar-refractivity contribution in [2.75, 3.05) is 26.3 Å². The molecule has 0 spiro atoms. The van der Waals surface area contributed by atoms with Gasteiger partial charge >= 0.3 is 0 Å². The molecule has 1 unspecified atom stereocenters. The summed E-state index contributed by atoms with van der Waals surface area (Å²) < 4.78 is 6.76. The molecule has 1 fully saturated rings. The summed E-state index contributed by atoms with van der Waals surface area (Å²) >= 11 is 3.49. The van der Waals surface area contributed by atoms with Gasteiger partial charge in [-0.1, -0.05) is 6.92 Å². The Labute approximate surface area is 117 Å². The molecule has 1 atom stereocenters. The highest BCUT2D eigenvalue weighted by atomic mass is 79.9. The third-order valence-electron chi connectivity index (χ3n) is 3.49. The van der Waals surface area contributed by atoms with Crippen molar-refractivity contribution in [3.05, 3.63) is 28.5 Å². The highest BCUT2D eigenvalue weighted by molar-refractivity contribution is 9.10. The Kier molecular flexibility index (Phi) is 5.15. The number of nitrogens with zero attached hydrogens (tertiary/aromatic N) is 1. The summed E-state index contributed by atoms with van der Waals surface area (Å²) in [5, 5.41) is 3.48. The zero-order chi connectivity index (χ0) is 12.8. The molecule has 2 rings (SSSR count). The molecule has 1 aromatic rings. The molecule has 1 N–H and O–H groups in total. The van der Waals surface area contributed by atoms with Crippen LogP contribution in [-0.4, -0.2) is 31.3 Å². The van der Waals surface area contributed by atoms with E-state index < -0.39 is 0 Å². The van der Waals surface area contributed by atoms with E-state index in [0.29, 0.717) is 0 Å². The van der Waals surface area contributed by atoms with Crippen LogP contribution < -0.4 is 5.32 Å². The lowest BCUT2D eigenvalue weighted by molar-refractivity contribution is -0.00694. The van der Waals surface area contributed by atoms with Gasteiger partial charge in [-0.25, -0.2) is 0 Å². The fourth-order valence-corrected chi connectivity index (χ4v) is 3.04. The minimum atomic E-state index is 0.233. The average Bonchev–Trinajstić information content (AvgIpc) is 2.38. The largest absolute Gasteiger partial charge is 0.381 e. The minimum Gasteiger partial charge on any atom is -0.381 e. The average molecular weight is 313 g/mol. The molecule has 1 aliphatic heterocycles. The van der Waals surface area contributed by atoms with Gasteiger partial charge < -0.3 is 10.1 Å². The molecule has 18 heavy (non-hydrogen) atoms. The number of pyridine rings is 1. The van der Waals surface area contributed by atoms with Gasteiger partial charge in [0.15, 0.2) is 0 Å². The van der Waals surface area contributed by atoms with Crippen molar-refractivity contribution in [1.29, 1.82) is 0 Å². The van der Waals surface area contributed by atoms with Crippen LogP contribution in [0.15, 0.2) is 22.9 Å². The van der Waals surface area contributed by atoms with Crippen molar-refractivity contribution in [3.8, 4) is 0 Å². The molecular formula is C14H21BrN2O. The van der Waals surface area contributed by atoms with Crippen molar-refractivity contribution >= 4 is 15.9 Å². The SMILES string of the molecule is CCNCC1(Cc2cncc(Br)c2)CCCOC1. The van der Waals surface area contributed by atoms with Crippen molar-refractivity contribution in [2.24, 2.45) is 5.41 Å². The molecule has 1 aliphatic rings. The molecule has 0 radical (unpaired) electrons. The van der Waals surface area contributed by atoms with Gasteiger partial charge in [-0.15, -0.1) is 0 Å². The van der Waals surface area contributed by atoms with Gasteiger partial charge in [0.1, 0.15) is 0 Å². The zero-order valence-corrected chi connectivity index (χ0v) is 12.5. The number of rotatable bonds is 5. The Bertz CT molecular complexity index is 378. The molecular weight excluding hydrogens is 292 g/mol. The predicted molar refractivity (Wildman–Crippen MR) is 76.7 cm³/mol. The van der Waals surface area contributed by atoms with Crippen LogP contribution in [-0.2, 0) is 11.2 Å². The Morgan fingerprint density at radius 2 is 2.39 bits per heavy atom. The third kappa shape index (κ3) is 3.77. The maximum absolute atomic E-state index is 5.71. The number of halogens is 1. The summed E-state index contributed by atoms with van der Waals surface area (Å²) in [6, 6.07) is 2.16. The second-order valence-electron chi connectivity index (χ2n) is 5.12. The summed E-state index contributed by atoms with van der Waals surface area (Å²) in [5.74, 6) is 0. The molecule has 2 heterocycles. The zero-order valence-electron chi connectivity index (χ0n) is 10.9. The second kappa shape index (κ2) is 6.64. The molecule has 1 saturated heterocycles. The number of ether oxygens (including phenoxy) is 1. The first-order chi connectivity index (χ1) is 8.74. The van der Waals surface area contributed by atoms with Crippen LogP contribution in [0.4, 0.5) is 0 Å². The molecule has 1 aromatic heterocycles. The van der Waals surface area contributed by atoms with E-state index in [4.69, 9.17) is 4.74 Å². The van der Waals surface area contributed by atoms with E-state index in [2.05, 4.69) is 39.2 Å². The maximum Gasteiger partial charge on any atom is 0.0537 e. The fraction of sp³-hybridized carbons (Fsp3) is 0.643. The van der Waals surface area contributed by atoms with E-state index in [0.717, 1.165) is 43.6 Å². The first kappa shape index (κ1) is 14.0. The molecule has 0 aliphatic carbocycles. The lowest BCUT2D eigenvalue weighted by Crippen LogP contribution is -2.42. The number of hydrogen-bond acceptors (Lipinski definition) is 3. The van der Waals surface area contributed by atoms with Crippen molar-refractivity contribution in [2.45, 2.75) is 26.2 Å². The summed E-state index contributed by atoms with van der Waals surface area (Å²) in [5.41, 5.74) is 1.52. The highest BCUT2D eigenvalue weighted by Gasteiger charge is 2.32. The van der Waals surface area contributed by atoms with E-state index in [-0.39, 0.29) is 5.41 Å². The highest BCUT2D eigenvalue weighted by Crippen LogP contribution is 2.32. The van der Waals surface area contributed by atoms with Gasteiger partial charge in [0, 0.05) is 35.4 Å². The Balaban J connectivity index is 2.08. The van der Waals surface area contributed by atoms with Gasteiger partial charge in [0.05, 0.1) is 6.61 Å². The van der Waals surface area contributed by atoms with Gasteiger partial charge in [-0.2, -0.15) is 0 Å². The van der Waals surface area contributed by atoms with Gasteiger partial charge in [-0.05, 0) is 53.4 Å². The van der Waals surface area contributed by atoms with Crippen LogP contribution >= 0.6 is 15.9 Å². The van der Waals surface area contributed by atoms with E-state index >= 15 is 0 Å². The lowest BCUT2D eigenvalue weighted by Gasteiger charge is -2.37. The normalized spacial score (nSPS) is 24.1. The van der Waals surface area contributed by atoms with E-state index in [1.165, 1.54) is 12.0 Å². The monoisotopic (exact) mass is 312 g/mol. The second-order valence-corrected chi connectivity index (χ2v) is 6.04. The molecule has 4 heteroatoms. The number of nitrogens with one attached hydrogen (secondary N) is 1. The Hall–Kier alpha value is -0.450. The number of aromatic nitrogens is 1. The maximum atomic E-state index is 5.71. The van der Waals surface area contributed by atoms with Crippen LogP contribution in [0.2, 0.25) is 0 Å². The standard InChI is InChI=1S/C14H21BrN2O/c1-2-16-10-14(4-3-5-18-11-14)7-12-6-13(15)9-17-8-12/h6,8-9,16H,2-5,7,10-11H2,1H3. The van der Waals surface area contributed by atoms with Crippen LogP contribution in [0.5, 0.6) is 0 Å².